The Morgan fingerprint density at radius 3 is 2.35 bits per heavy atom. The standard InChI is InChI=1S/C15H19FN2OS/c1-9(2)15(4)13(19)18-14(20-15)17-10(3)11-5-7-12(16)8-6-11/h5-10H,1-4H3,(H,17,18,19)/t10-,15?/m1/s1. The van der Waals surface area contributed by atoms with Gasteiger partial charge in [0.2, 0.25) is 5.91 Å². The Bertz CT molecular complexity index is 541. The van der Waals surface area contributed by atoms with E-state index in [-0.39, 0.29) is 23.7 Å². The van der Waals surface area contributed by atoms with Gasteiger partial charge in [0.1, 0.15) is 10.6 Å². The Morgan fingerprint density at radius 2 is 1.85 bits per heavy atom. The summed E-state index contributed by atoms with van der Waals surface area (Å²) in [5.41, 5.74) is 0.923. The van der Waals surface area contributed by atoms with E-state index in [0.29, 0.717) is 5.17 Å². The number of hydrogen-bond acceptors (Lipinski definition) is 3. The summed E-state index contributed by atoms with van der Waals surface area (Å²) in [6.07, 6.45) is 0. The molecule has 1 saturated heterocycles. The minimum absolute atomic E-state index is 0.00237. The number of carbonyl (C=O) groups is 1. The quantitative estimate of drug-likeness (QED) is 0.926. The first-order valence-corrected chi connectivity index (χ1v) is 7.48. The molecule has 3 nitrogen and oxygen atoms in total. The molecule has 1 amide bonds. The number of benzene rings is 1. The monoisotopic (exact) mass is 294 g/mol. The molecule has 5 heteroatoms. The predicted molar refractivity (Wildman–Crippen MR) is 81.2 cm³/mol. The molecule has 0 bridgehead atoms. The molecule has 0 radical (unpaired) electrons. The summed E-state index contributed by atoms with van der Waals surface area (Å²) in [6.45, 7) is 7.92. The summed E-state index contributed by atoms with van der Waals surface area (Å²) < 4.78 is 12.4. The van der Waals surface area contributed by atoms with Crippen molar-refractivity contribution in [2.24, 2.45) is 10.9 Å². The van der Waals surface area contributed by atoms with E-state index in [0.717, 1.165) is 5.56 Å². The Kier molecular flexibility index (Phi) is 4.18. The molecule has 0 aliphatic carbocycles. The maximum absolute atomic E-state index is 12.9. The van der Waals surface area contributed by atoms with Crippen molar-refractivity contribution in [2.75, 3.05) is 0 Å². The first-order chi connectivity index (χ1) is 9.33. The number of nitrogens with zero attached hydrogens (tertiary/aromatic N) is 1. The average Bonchev–Trinajstić information content (AvgIpc) is 2.66. The SMILES string of the molecule is CC(C)C1(C)SC(=N[C@H](C)c2ccc(F)cc2)NC1=O. The van der Waals surface area contributed by atoms with E-state index in [2.05, 4.69) is 10.3 Å². The lowest BCUT2D eigenvalue weighted by atomic mass is 9.96. The van der Waals surface area contributed by atoms with Gasteiger partial charge in [-0.1, -0.05) is 37.7 Å². The summed E-state index contributed by atoms with van der Waals surface area (Å²) in [4.78, 5) is 16.6. The molecule has 1 fully saturated rings. The lowest BCUT2D eigenvalue weighted by Crippen LogP contribution is -2.38. The maximum atomic E-state index is 12.9. The Hall–Kier alpha value is -1.36. The van der Waals surface area contributed by atoms with Crippen molar-refractivity contribution in [3.05, 3.63) is 35.6 Å². The molecule has 20 heavy (non-hydrogen) atoms. The van der Waals surface area contributed by atoms with Crippen LogP contribution in [0.15, 0.2) is 29.3 Å². The van der Waals surface area contributed by atoms with E-state index in [1.165, 1.54) is 23.9 Å². The molecule has 2 rings (SSSR count). The second kappa shape index (κ2) is 5.56. The van der Waals surface area contributed by atoms with Crippen LogP contribution in [-0.2, 0) is 4.79 Å². The topological polar surface area (TPSA) is 41.5 Å². The fraction of sp³-hybridized carbons (Fsp3) is 0.467. The van der Waals surface area contributed by atoms with E-state index >= 15 is 0 Å². The molecule has 1 aliphatic heterocycles. The highest BCUT2D eigenvalue weighted by Gasteiger charge is 2.45. The van der Waals surface area contributed by atoms with Crippen molar-refractivity contribution >= 4 is 22.8 Å². The summed E-state index contributed by atoms with van der Waals surface area (Å²) in [7, 11) is 0. The van der Waals surface area contributed by atoms with Crippen LogP contribution in [0.3, 0.4) is 0 Å². The van der Waals surface area contributed by atoms with Gasteiger partial charge in [-0.3, -0.25) is 9.79 Å². The van der Waals surface area contributed by atoms with Crippen molar-refractivity contribution in [1.29, 1.82) is 0 Å². The highest BCUT2D eigenvalue weighted by Crippen LogP contribution is 2.38. The van der Waals surface area contributed by atoms with Crippen LogP contribution in [0.5, 0.6) is 0 Å². The predicted octanol–water partition coefficient (Wildman–Crippen LogP) is 3.52. The van der Waals surface area contributed by atoms with Crippen molar-refractivity contribution < 1.29 is 9.18 Å². The van der Waals surface area contributed by atoms with E-state index in [9.17, 15) is 9.18 Å². The van der Waals surface area contributed by atoms with Crippen LogP contribution in [-0.4, -0.2) is 15.8 Å². The molecule has 1 heterocycles. The number of hydrogen-bond donors (Lipinski definition) is 1. The summed E-state index contributed by atoms with van der Waals surface area (Å²) in [6, 6.07) is 6.16. The van der Waals surface area contributed by atoms with Gasteiger partial charge in [0.05, 0.1) is 6.04 Å². The van der Waals surface area contributed by atoms with Crippen LogP contribution in [0.25, 0.3) is 0 Å². The van der Waals surface area contributed by atoms with E-state index < -0.39 is 4.75 Å². The van der Waals surface area contributed by atoms with E-state index in [1.54, 1.807) is 12.1 Å². The Morgan fingerprint density at radius 1 is 1.25 bits per heavy atom. The van der Waals surface area contributed by atoms with E-state index in [4.69, 9.17) is 0 Å². The highest BCUT2D eigenvalue weighted by molar-refractivity contribution is 8.16. The Labute approximate surface area is 123 Å². The van der Waals surface area contributed by atoms with Gasteiger partial charge in [0.25, 0.3) is 0 Å². The van der Waals surface area contributed by atoms with Gasteiger partial charge in [0.15, 0.2) is 5.17 Å². The van der Waals surface area contributed by atoms with Crippen molar-refractivity contribution in [2.45, 2.75) is 38.5 Å². The van der Waals surface area contributed by atoms with Crippen LogP contribution < -0.4 is 5.32 Å². The van der Waals surface area contributed by atoms with Crippen molar-refractivity contribution in [3.63, 3.8) is 0 Å². The first-order valence-electron chi connectivity index (χ1n) is 6.66. The maximum Gasteiger partial charge on any atom is 0.242 e. The second-order valence-corrected chi connectivity index (χ2v) is 6.92. The minimum atomic E-state index is -0.471. The minimum Gasteiger partial charge on any atom is -0.304 e. The molecular weight excluding hydrogens is 275 g/mol. The van der Waals surface area contributed by atoms with Crippen LogP contribution in [0.4, 0.5) is 4.39 Å². The molecule has 1 aromatic carbocycles. The number of amidine groups is 1. The first kappa shape index (κ1) is 15.0. The second-order valence-electron chi connectivity index (χ2n) is 5.48. The van der Waals surface area contributed by atoms with Crippen LogP contribution in [0, 0.1) is 11.7 Å². The van der Waals surface area contributed by atoms with Gasteiger partial charge >= 0.3 is 0 Å². The van der Waals surface area contributed by atoms with Gasteiger partial charge in [-0.25, -0.2) is 4.39 Å². The molecule has 2 atom stereocenters. The van der Waals surface area contributed by atoms with Crippen LogP contribution >= 0.6 is 11.8 Å². The lowest BCUT2D eigenvalue weighted by molar-refractivity contribution is -0.122. The van der Waals surface area contributed by atoms with Crippen LogP contribution in [0.2, 0.25) is 0 Å². The molecule has 1 unspecified atom stereocenters. The summed E-state index contributed by atoms with van der Waals surface area (Å²) >= 11 is 1.47. The zero-order chi connectivity index (χ0) is 14.9. The number of aliphatic imine (C=N–C) groups is 1. The number of carbonyl (C=O) groups excluding carboxylic acids is 1. The molecular formula is C15H19FN2OS. The van der Waals surface area contributed by atoms with Gasteiger partial charge in [-0.05, 0) is 37.5 Å². The average molecular weight is 294 g/mol. The number of amides is 1. The summed E-state index contributed by atoms with van der Waals surface area (Å²) in [5, 5.41) is 3.48. The fourth-order valence-corrected chi connectivity index (χ4v) is 3.06. The fourth-order valence-electron chi connectivity index (χ4n) is 1.92. The highest BCUT2D eigenvalue weighted by atomic mass is 32.2. The molecule has 1 N–H and O–H groups in total. The third-order valence-electron chi connectivity index (χ3n) is 3.75. The van der Waals surface area contributed by atoms with Gasteiger partial charge in [-0.2, -0.15) is 0 Å². The zero-order valence-corrected chi connectivity index (χ0v) is 12.9. The van der Waals surface area contributed by atoms with Gasteiger partial charge < -0.3 is 5.32 Å². The third-order valence-corrected chi connectivity index (χ3v) is 5.23. The third kappa shape index (κ3) is 2.87. The number of rotatable bonds is 3. The molecule has 0 saturated carbocycles. The molecule has 0 aromatic heterocycles. The lowest BCUT2D eigenvalue weighted by Gasteiger charge is -2.22. The number of thioether (sulfide) groups is 1. The zero-order valence-electron chi connectivity index (χ0n) is 12.1. The molecule has 1 aliphatic rings. The largest absolute Gasteiger partial charge is 0.304 e. The van der Waals surface area contributed by atoms with Crippen molar-refractivity contribution in [1.82, 2.24) is 5.32 Å². The smallest absolute Gasteiger partial charge is 0.242 e. The Balaban J connectivity index is 2.16. The number of nitrogens with one attached hydrogen (secondary N) is 1. The molecule has 108 valence electrons. The van der Waals surface area contributed by atoms with Gasteiger partial charge in [0, 0.05) is 0 Å². The summed E-state index contributed by atoms with van der Waals surface area (Å²) in [5.74, 6) is -0.0339. The normalized spacial score (nSPS) is 26.1. The molecule has 0 spiro atoms. The van der Waals surface area contributed by atoms with Gasteiger partial charge in [-0.15, -0.1) is 0 Å². The van der Waals surface area contributed by atoms with Crippen molar-refractivity contribution in [3.8, 4) is 0 Å². The molecule has 1 aromatic rings. The number of halogens is 1. The van der Waals surface area contributed by atoms with Crippen LogP contribution in [0.1, 0.15) is 39.3 Å². The van der Waals surface area contributed by atoms with E-state index in [1.807, 2.05) is 27.7 Å².